The van der Waals surface area contributed by atoms with Crippen LogP contribution in [0.3, 0.4) is 0 Å². The second kappa shape index (κ2) is 8.06. The first-order valence-electron chi connectivity index (χ1n) is 7.13. The number of nitrogens with one attached hydrogen (secondary N) is 1. The molecule has 1 heterocycles. The summed E-state index contributed by atoms with van der Waals surface area (Å²) in [5.74, 6) is 0.741. The van der Waals surface area contributed by atoms with Crippen molar-refractivity contribution >= 4 is 0 Å². The summed E-state index contributed by atoms with van der Waals surface area (Å²) in [5, 5.41) is 3.50. The molecule has 1 rings (SSSR count). The summed E-state index contributed by atoms with van der Waals surface area (Å²) in [4.78, 5) is 2.64. The lowest BCUT2D eigenvalue weighted by Gasteiger charge is -2.37. The maximum atomic E-state index is 5.29. The standard InChI is InChI=1S/C14H30N2O/c1-5-15-12(2)9-13(3)16-8-6-7-14(10-16)11-17-4/h12-15H,5-11H2,1-4H3. The molecule has 0 bridgehead atoms. The molecule has 1 aliphatic heterocycles. The third-order valence-electron chi connectivity index (χ3n) is 3.82. The summed E-state index contributed by atoms with van der Waals surface area (Å²) in [6.45, 7) is 11.3. The Labute approximate surface area is 107 Å². The minimum atomic E-state index is 0.623. The molecule has 0 aromatic heterocycles. The lowest BCUT2D eigenvalue weighted by molar-refractivity contribution is 0.0679. The van der Waals surface area contributed by atoms with E-state index in [-0.39, 0.29) is 0 Å². The molecule has 0 saturated carbocycles. The highest BCUT2D eigenvalue weighted by atomic mass is 16.5. The van der Waals surface area contributed by atoms with Gasteiger partial charge in [0.05, 0.1) is 6.61 Å². The summed E-state index contributed by atoms with van der Waals surface area (Å²) in [6, 6.07) is 1.31. The molecule has 1 N–H and O–H groups in total. The zero-order valence-electron chi connectivity index (χ0n) is 12.0. The number of hydrogen-bond acceptors (Lipinski definition) is 3. The predicted molar refractivity (Wildman–Crippen MR) is 73.4 cm³/mol. The van der Waals surface area contributed by atoms with Crippen LogP contribution in [0.1, 0.15) is 40.0 Å². The van der Waals surface area contributed by atoms with E-state index in [1.54, 1.807) is 0 Å². The van der Waals surface area contributed by atoms with E-state index in [9.17, 15) is 0 Å². The Balaban J connectivity index is 2.32. The molecular weight excluding hydrogens is 212 g/mol. The summed E-state index contributed by atoms with van der Waals surface area (Å²) >= 11 is 0. The van der Waals surface area contributed by atoms with Gasteiger partial charge in [-0.15, -0.1) is 0 Å². The summed E-state index contributed by atoms with van der Waals surface area (Å²) < 4.78 is 5.29. The Morgan fingerprint density at radius 1 is 1.41 bits per heavy atom. The predicted octanol–water partition coefficient (Wildman–Crippen LogP) is 2.12. The minimum absolute atomic E-state index is 0.623. The van der Waals surface area contributed by atoms with Crippen LogP contribution in [0.2, 0.25) is 0 Å². The highest BCUT2D eigenvalue weighted by Crippen LogP contribution is 2.20. The molecule has 0 aromatic carbocycles. The van der Waals surface area contributed by atoms with E-state index >= 15 is 0 Å². The number of hydrogen-bond donors (Lipinski definition) is 1. The molecule has 1 fully saturated rings. The number of piperidine rings is 1. The van der Waals surface area contributed by atoms with Gasteiger partial charge in [0, 0.05) is 25.7 Å². The first-order valence-corrected chi connectivity index (χ1v) is 7.13. The third kappa shape index (κ3) is 5.36. The Hall–Kier alpha value is -0.120. The van der Waals surface area contributed by atoms with Gasteiger partial charge in [0.2, 0.25) is 0 Å². The van der Waals surface area contributed by atoms with Crippen LogP contribution in [0.25, 0.3) is 0 Å². The molecule has 0 aromatic rings. The Bertz CT molecular complexity index is 197. The van der Waals surface area contributed by atoms with Crippen LogP contribution >= 0.6 is 0 Å². The third-order valence-corrected chi connectivity index (χ3v) is 3.82. The quantitative estimate of drug-likeness (QED) is 0.740. The molecule has 3 nitrogen and oxygen atoms in total. The fourth-order valence-corrected chi connectivity index (χ4v) is 2.96. The second-order valence-electron chi connectivity index (χ2n) is 5.50. The van der Waals surface area contributed by atoms with Crippen LogP contribution in [0.5, 0.6) is 0 Å². The zero-order chi connectivity index (χ0) is 12.7. The Morgan fingerprint density at radius 2 is 2.18 bits per heavy atom. The van der Waals surface area contributed by atoms with Gasteiger partial charge < -0.3 is 15.0 Å². The van der Waals surface area contributed by atoms with Crippen LogP contribution in [0, 0.1) is 5.92 Å². The van der Waals surface area contributed by atoms with Gasteiger partial charge in [-0.1, -0.05) is 6.92 Å². The summed E-state index contributed by atoms with van der Waals surface area (Å²) in [5.41, 5.74) is 0. The molecule has 17 heavy (non-hydrogen) atoms. The highest BCUT2D eigenvalue weighted by molar-refractivity contribution is 4.79. The number of methoxy groups -OCH3 is 1. The van der Waals surface area contributed by atoms with Gasteiger partial charge in [0.25, 0.3) is 0 Å². The van der Waals surface area contributed by atoms with Crippen molar-refractivity contribution < 1.29 is 4.74 Å². The first-order chi connectivity index (χ1) is 8.17. The van der Waals surface area contributed by atoms with Crippen molar-refractivity contribution in [3.63, 3.8) is 0 Å². The molecule has 1 aliphatic rings. The van der Waals surface area contributed by atoms with Crippen molar-refractivity contribution in [1.82, 2.24) is 10.2 Å². The Morgan fingerprint density at radius 3 is 2.82 bits per heavy atom. The molecule has 0 amide bonds. The molecule has 0 radical (unpaired) electrons. The van der Waals surface area contributed by atoms with Crippen molar-refractivity contribution in [3.05, 3.63) is 0 Å². The average molecular weight is 242 g/mol. The topological polar surface area (TPSA) is 24.5 Å². The molecule has 102 valence electrons. The zero-order valence-corrected chi connectivity index (χ0v) is 12.0. The lowest BCUT2D eigenvalue weighted by Crippen LogP contribution is -2.44. The lowest BCUT2D eigenvalue weighted by atomic mass is 9.96. The molecule has 3 atom stereocenters. The van der Waals surface area contributed by atoms with E-state index in [0.717, 1.165) is 19.1 Å². The second-order valence-corrected chi connectivity index (χ2v) is 5.50. The highest BCUT2D eigenvalue weighted by Gasteiger charge is 2.24. The average Bonchev–Trinajstić information content (AvgIpc) is 2.30. The first kappa shape index (κ1) is 14.9. The molecule has 1 saturated heterocycles. The van der Waals surface area contributed by atoms with Gasteiger partial charge in [-0.05, 0) is 52.1 Å². The van der Waals surface area contributed by atoms with Crippen LogP contribution < -0.4 is 5.32 Å². The van der Waals surface area contributed by atoms with Crippen molar-refractivity contribution in [2.24, 2.45) is 5.92 Å². The molecule has 3 unspecified atom stereocenters. The molecule has 0 aliphatic carbocycles. The number of ether oxygens (including phenoxy) is 1. The van der Waals surface area contributed by atoms with Crippen LogP contribution in [-0.2, 0) is 4.74 Å². The van der Waals surface area contributed by atoms with Gasteiger partial charge in [-0.2, -0.15) is 0 Å². The van der Waals surface area contributed by atoms with Crippen LogP contribution in [-0.4, -0.2) is 50.3 Å². The monoisotopic (exact) mass is 242 g/mol. The molecular formula is C14H30N2O. The van der Waals surface area contributed by atoms with Gasteiger partial charge in [0.15, 0.2) is 0 Å². The number of likely N-dealkylation sites (tertiary alicyclic amines) is 1. The van der Waals surface area contributed by atoms with Gasteiger partial charge >= 0.3 is 0 Å². The van der Waals surface area contributed by atoms with Crippen molar-refractivity contribution in [2.45, 2.75) is 52.1 Å². The SMILES string of the molecule is CCNC(C)CC(C)N1CCCC(COC)C1. The summed E-state index contributed by atoms with van der Waals surface area (Å²) in [6.07, 6.45) is 3.90. The van der Waals surface area contributed by atoms with Crippen molar-refractivity contribution in [3.8, 4) is 0 Å². The van der Waals surface area contributed by atoms with Crippen molar-refractivity contribution in [1.29, 1.82) is 0 Å². The van der Waals surface area contributed by atoms with E-state index < -0.39 is 0 Å². The Kier molecular flexibility index (Phi) is 7.09. The number of nitrogens with zero attached hydrogens (tertiary/aromatic N) is 1. The van der Waals surface area contributed by atoms with E-state index in [1.165, 1.54) is 32.4 Å². The fraction of sp³-hybridized carbons (Fsp3) is 1.00. The van der Waals surface area contributed by atoms with E-state index in [4.69, 9.17) is 4.74 Å². The van der Waals surface area contributed by atoms with Gasteiger partial charge in [-0.3, -0.25) is 0 Å². The maximum absolute atomic E-state index is 5.29. The normalized spacial score (nSPS) is 25.8. The largest absolute Gasteiger partial charge is 0.384 e. The maximum Gasteiger partial charge on any atom is 0.0502 e. The molecule has 3 heteroatoms. The van der Waals surface area contributed by atoms with E-state index in [1.807, 2.05) is 7.11 Å². The summed E-state index contributed by atoms with van der Waals surface area (Å²) in [7, 11) is 1.82. The number of rotatable bonds is 7. The van der Waals surface area contributed by atoms with Crippen LogP contribution in [0.15, 0.2) is 0 Å². The molecule has 0 spiro atoms. The van der Waals surface area contributed by atoms with Gasteiger partial charge in [0.1, 0.15) is 0 Å². The smallest absolute Gasteiger partial charge is 0.0502 e. The van der Waals surface area contributed by atoms with E-state index in [2.05, 4.69) is 31.0 Å². The minimum Gasteiger partial charge on any atom is -0.384 e. The van der Waals surface area contributed by atoms with Crippen molar-refractivity contribution in [2.75, 3.05) is 33.4 Å². The van der Waals surface area contributed by atoms with E-state index in [0.29, 0.717) is 12.1 Å². The van der Waals surface area contributed by atoms with Crippen LogP contribution in [0.4, 0.5) is 0 Å². The van der Waals surface area contributed by atoms with Gasteiger partial charge in [-0.25, -0.2) is 0 Å². The fourth-order valence-electron chi connectivity index (χ4n) is 2.96.